The highest BCUT2D eigenvalue weighted by Crippen LogP contribution is 2.18. The second-order valence-electron chi connectivity index (χ2n) is 7.36. The minimum Gasteiger partial charge on any atom is -0.320 e. The number of non-ortho nitro benzene ring substituents is 1. The number of piperazine rings is 1. The van der Waals surface area contributed by atoms with E-state index >= 15 is 0 Å². The summed E-state index contributed by atoms with van der Waals surface area (Å²) in [7, 11) is 4.44. The number of nitro benzene ring substituents is 1. The van der Waals surface area contributed by atoms with E-state index in [1.165, 1.54) is 29.8 Å². The topological polar surface area (TPSA) is 63.5 Å². The zero-order valence-corrected chi connectivity index (χ0v) is 15.2. The Morgan fingerprint density at radius 1 is 1.04 bits per heavy atom. The molecule has 136 valence electrons. The van der Waals surface area contributed by atoms with Gasteiger partial charge in [0.15, 0.2) is 5.78 Å². The van der Waals surface area contributed by atoms with Gasteiger partial charge in [-0.3, -0.25) is 19.8 Å². The van der Waals surface area contributed by atoms with Crippen LogP contribution >= 0.6 is 0 Å². The molecule has 0 amide bonds. The van der Waals surface area contributed by atoms with Gasteiger partial charge in [-0.15, -0.1) is 0 Å². The third-order valence-electron chi connectivity index (χ3n) is 5.16. The minimum atomic E-state index is -0.467. The van der Waals surface area contributed by atoms with Gasteiger partial charge in [0.05, 0.1) is 25.1 Å². The van der Waals surface area contributed by atoms with Crippen molar-refractivity contribution in [2.75, 3.05) is 40.3 Å². The van der Waals surface area contributed by atoms with E-state index in [-0.39, 0.29) is 11.5 Å². The van der Waals surface area contributed by atoms with E-state index < -0.39 is 4.92 Å². The number of nitro groups is 1. The third kappa shape index (κ3) is 4.15. The highest BCUT2D eigenvalue weighted by Gasteiger charge is 2.27. The summed E-state index contributed by atoms with van der Waals surface area (Å²) in [5, 5.41) is 10.7. The maximum atomic E-state index is 12.5. The van der Waals surface area contributed by atoms with E-state index in [9.17, 15) is 14.9 Å². The molecule has 0 aromatic heterocycles. The Labute approximate surface area is 153 Å². The Morgan fingerprint density at radius 3 is 2.04 bits per heavy atom. The first-order valence-electron chi connectivity index (χ1n) is 8.76. The van der Waals surface area contributed by atoms with Gasteiger partial charge in [-0.25, -0.2) is 0 Å². The second-order valence-corrected chi connectivity index (χ2v) is 7.36. The summed E-state index contributed by atoms with van der Waals surface area (Å²) in [5.74, 6) is -0.119. The Hall–Kier alpha value is -2.57. The van der Waals surface area contributed by atoms with Gasteiger partial charge in [-0.05, 0) is 19.2 Å². The molecule has 6 nitrogen and oxygen atoms in total. The van der Waals surface area contributed by atoms with E-state index in [0.29, 0.717) is 11.1 Å². The van der Waals surface area contributed by atoms with Crippen LogP contribution in [0.4, 0.5) is 5.69 Å². The molecule has 0 atom stereocenters. The molecule has 0 radical (unpaired) electrons. The molecule has 1 aliphatic rings. The number of rotatable bonds is 5. The molecule has 6 heteroatoms. The number of nitrogens with zero attached hydrogens (tertiary/aromatic N) is 3. The molecule has 1 aliphatic heterocycles. The summed E-state index contributed by atoms with van der Waals surface area (Å²) in [6.07, 6.45) is 0. The summed E-state index contributed by atoms with van der Waals surface area (Å²) in [5.41, 5.74) is 2.27. The van der Waals surface area contributed by atoms with Crippen molar-refractivity contribution in [3.63, 3.8) is 0 Å². The highest BCUT2D eigenvalue weighted by atomic mass is 16.6. The van der Waals surface area contributed by atoms with Crippen LogP contribution < -0.4 is 0 Å². The Morgan fingerprint density at radius 2 is 1.54 bits per heavy atom. The predicted molar refractivity (Wildman–Crippen MR) is 100 cm³/mol. The van der Waals surface area contributed by atoms with Crippen LogP contribution in [-0.4, -0.2) is 60.4 Å². The number of benzene rings is 2. The summed E-state index contributed by atoms with van der Waals surface area (Å²) in [6.45, 7) is 5.42. The second kappa shape index (κ2) is 7.35. The van der Waals surface area contributed by atoms with Crippen LogP contribution in [0.3, 0.4) is 0 Å². The molecule has 1 fully saturated rings. The quantitative estimate of drug-likeness (QED) is 0.358. The molecule has 0 unspecified atom stereocenters. The molecule has 2 aromatic carbocycles. The van der Waals surface area contributed by atoms with Gasteiger partial charge in [0.2, 0.25) is 0 Å². The molecule has 1 saturated heterocycles. The molecule has 0 bridgehead atoms. The first kappa shape index (κ1) is 18.2. The summed E-state index contributed by atoms with van der Waals surface area (Å²) >= 11 is 0. The van der Waals surface area contributed by atoms with Crippen LogP contribution in [0.15, 0.2) is 48.5 Å². The fourth-order valence-electron chi connectivity index (χ4n) is 3.31. The monoisotopic (exact) mass is 354 g/mol. The van der Waals surface area contributed by atoms with Crippen LogP contribution in [0.25, 0.3) is 0 Å². The Bertz CT molecular complexity index is 792. The average molecular weight is 354 g/mol. The summed E-state index contributed by atoms with van der Waals surface area (Å²) in [4.78, 5) is 25.1. The van der Waals surface area contributed by atoms with Crippen LogP contribution in [0, 0.1) is 10.1 Å². The molecule has 3 rings (SSSR count). The summed E-state index contributed by atoms with van der Waals surface area (Å²) in [6, 6.07) is 13.5. The number of carbonyl (C=O) groups excluding carboxylic acids is 1. The van der Waals surface area contributed by atoms with Crippen molar-refractivity contribution >= 4 is 11.5 Å². The largest absolute Gasteiger partial charge is 0.320 e. The molecule has 0 spiro atoms. The molecule has 2 aromatic rings. The SMILES string of the molecule is CN1CC[N+](C)(Cc2ccc(C(=O)c3ccc([N+](=O)[O-])cc3)cc2)CC1. The van der Waals surface area contributed by atoms with Crippen molar-refractivity contribution < 1.29 is 14.2 Å². The van der Waals surface area contributed by atoms with Gasteiger partial charge < -0.3 is 4.48 Å². The number of likely N-dealkylation sites (N-methyl/N-ethyl adjacent to an activating group) is 2. The van der Waals surface area contributed by atoms with Gasteiger partial charge >= 0.3 is 0 Å². The zero-order valence-electron chi connectivity index (χ0n) is 15.2. The maximum Gasteiger partial charge on any atom is 0.269 e. The number of carbonyl (C=O) groups is 1. The van der Waals surface area contributed by atoms with Crippen molar-refractivity contribution in [3.05, 3.63) is 75.3 Å². The molecular formula is C20H24N3O3+. The average Bonchev–Trinajstić information content (AvgIpc) is 2.64. The zero-order chi connectivity index (χ0) is 18.7. The van der Waals surface area contributed by atoms with E-state index in [4.69, 9.17) is 0 Å². The standard InChI is InChI=1S/C20H24N3O3/c1-21-11-13-23(2,14-12-21)15-16-3-5-17(6-4-16)20(24)18-7-9-19(10-8-18)22(25)26/h3-10H,11-15H2,1-2H3/q+1. The molecular weight excluding hydrogens is 330 g/mol. The van der Waals surface area contributed by atoms with Crippen molar-refractivity contribution in [2.24, 2.45) is 0 Å². The van der Waals surface area contributed by atoms with Gasteiger partial charge in [0.25, 0.3) is 5.69 Å². The van der Waals surface area contributed by atoms with Crippen LogP contribution in [0.1, 0.15) is 21.5 Å². The van der Waals surface area contributed by atoms with Crippen LogP contribution in [0.2, 0.25) is 0 Å². The molecule has 0 aliphatic carbocycles. The van der Waals surface area contributed by atoms with Crippen molar-refractivity contribution in [3.8, 4) is 0 Å². The molecule has 26 heavy (non-hydrogen) atoms. The number of hydrogen-bond donors (Lipinski definition) is 0. The lowest BCUT2D eigenvalue weighted by Gasteiger charge is -2.41. The van der Waals surface area contributed by atoms with Crippen LogP contribution in [-0.2, 0) is 6.54 Å². The van der Waals surface area contributed by atoms with E-state index in [0.717, 1.165) is 37.2 Å². The lowest BCUT2D eigenvalue weighted by Crippen LogP contribution is -2.55. The Kier molecular flexibility index (Phi) is 5.15. The number of hydrogen-bond acceptors (Lipinski definition) is 4. The van der Waals surface area contributed by atoms with Crippen molar-refractivity contribution in [1.82, 2.24) is 4.90 Å². The van der Waals surface area contributed by atoms with E-state index in [1.54, 1.807) is 0 Å². The van der Waals surface area contributed by atoms with Crippen LogP contribution in [0.5, 0.6) is 0 Å². The van der Waals surface area contributed by atoms with Crippen molar-refractivity contribution in [2.45, 2.75) is 6.54 Å². The lowest BCUT2D eigenvalue weighted by atomic mass is 10.0. The lowest BCUT2D eigenvalue weighted by molar-refractivity contribution is -0.926. The van der Waals surface area contributed by atoms with E-state index in [1.807, 2.05) is 24.3 Å². The molecule has 0 N–H and O–H groups in total. The van der Waals surface area contributed by atoms with Gasteiger partial charge in [-0.1, -0.05) is 24.3 Å². The third-order valence-corrected chi connectivity index (χ3v) is 5.16. The normalized spacial score (nSPS) is 17.0. The molecule has 0 saturated carbocycles. The van der Waals surface area contributed by atoms with Gasteiger partial charge in [0.1, 0.15) is 6.54 Å². The highest BCUT2D eigenvalue weighted by molar-refractivity contribution is 6.09. The first-order chi connectivity index (χ1) is 12.4. The van der Waals surface area contributed by atoms with Gasteiger partial charge in [0, 0.05) is 41.9 Å². The smallest absolute Gasteiger partial charge is 0.269 e. The van der Waals surface area contributed by atoms with E-state index in [2.05, 4.69) is 19.0 Å². The fourth-order valence-corrected chi connectivity index (χ4v) is 3.31. The molecule has 1 heterocycles. The Balaban J connectivity index is 1.69. The number of ketones is 1. The predicted octanol–water partition coefficient (Wildman–Crippen LogP) is 2.72. The summed E-state index contributed by atoms with van der Waals surface area (Å²) < 4.78 is 1.01. The maximum absolute atomic E-state index is 12.5. The first-order valence-corrected chi connectivity index (χ1v) is 8.76. The van der Waals surface area contributed by atoms with Crippen molar-refractivity contribution in [1.29, 1.82) is 0 Å². The van der Waals surface area contributed by atoms with Gasteiger partial charge in [-0.2, -0.15) is 0 Å². The number of quaternary nitrogens is 1. The fraction of sp³-hybridized carbons (Fsp3) is 0.350. The minimum absolute atomic E-state index is 0.0129.